The fourth-order valence-electron chi connectivity index (χ4n) is 7.51. The Labute approximate surface area is 237 Å². The predicted octanol–water partition coefficient (Wildman–Crippen LogP) is 2.99. The van der Waals surface area contributed by atoms with E-state index in [0.29, 0.717) is 11.4 Å². The molecule has 4 N–H and O–H groups in total. The van der Waals surface area contributed by atoms with Crippen molar-refractivity contribution in [2.45, 2.75) is 38.0 Å². The Kier molecular flexibility index (Phi) is 6.43. The number of nitrogens with zero attached hydrogens (tertiary/aromatic N) is 3. The van der Waals surface area contributed by atoms with Crippen LogP contribution in [0.1, 0.15) is 63.6 Å². The number of nitrogens with one attached hydrogen (secondary N) is 2. The number of aliphatic carboxylic acids is 1. The third kappa shape index (κ3) is 4.03. The average molecular weight is 556 g/mol. The molecule has 2 aromatic rings. The molecular formula is C31H33N5O5. The number of amides is 2. The number of piperidine rings is 1. The lowest BCUT2D eigenvalue weighted by molar-refractivity contribution is -0.135. The molecule has 1 fully saturated rings. The second-order valence-corrected chi connectivity index (χ2v) is 11.3. The molecule has 10 heteroatoms. The van der Waals surface area contributed by atoms with Crippen molar-refractivity contribution in [3.8, 4) is 5.75 Å². The average Bonchev–Trinajstić information content (AvgIpc) is 3.61. The van der Waals surface area contributed by atoms with E-state index in [9.17, 15) is 19.5 Å². The van der Waals surface area contributed by atoms with Gasteiger partial charge >= 0.3 is 5.97 Å². The van der Waals surface area contributed by atoms with E-state index < -0.39 is 23.8 Å². The molecule has 0 spiro atoms. The van der Waals surface area contributed by atoms with Crippen molar-refractivity contribution in [2.75, 3.05) is 31.6 Å². The lowest BCUT2D eigenvalue weighted by Crippen LogP contribution is -2.50. The number of carboxylic acids is 1. The summed E-state index contributed by atoms with van der Waals surface area (Å²) in [5.74, 6) is -2.26. The number of aromatic hydroxyl groups is 1. The largest absolute Gasteiger partial charge is 0.504 e. The monoisotopic (exact) mass is 555 g/mol. The third-order valence-corrected chi connectivity index (χ3v) is 9.35. The second kappa shape index (κ2) is 9.87. The molecule has 0 radical (unpaired) electrons. The molecule has 2 aliphatic carbocycles. The Morgan fingerprint density at radius 1 is 1.10 bits per heavy atom. The minimum Gasteiger partial charge on any atom is -0.504 e. The first kappa shape index (κ1) is 26.7. The van der Waals surface area contributed by atoms with E-state index >= 15 is 0 Å². The van der Waals surface area contributed by atoms with Gasteiger partial charge in [-0.15, -0.1) is 0 Å². The number of benzene rings is 1. The van der Waals surface area contributed by atoms with Crippen LogP contribution in [0.5, 0.6) is 5.75 Å². The number of hydrogen-bond acceptors (Lipinski definition) is 7. The number of aryl methyl sites for hydroxylation is 1. The molecule has 6 heterocycles. The summed E-state index contributed by atoms with van der Waals surface area (Å²) < 4.78 is 0. The number of anilines is 1. The van der Waals surface area contributed by atoms with E-state index in [1.807, 2.05) is 6.07 Å². The van der Waals surface area contributed by atoms with E-state index in [4.69, 9.17) is 10.1 Å². The molecule has 1 saturated heterocycles. The number of aromatic nitrogens is 2. The van der Waals surface area contributed by atoms with Crippen LogP contribution >= 0.6 is 0 Å². The van der Waals surface area contributed by atoms with E-state index in [-0.39, 0.29) is 40.8 Å². The van der Waals surface area contributed by atoms with E-state index in [1.165, 1.54) is 11.1 Å². The normalized spacial score (nSPS) is 23.0. The van der Waals surface area contributed by atoms with Crippen LogP contribution in [0, 0.1) is 18.8 Å². The maximum absolute atomic E-state index is 13.2. The van der Waals surface area contributed by atoms with Crippen LogP contribution in [0.15, 0.2) is 53.6 Å². The van der Waals surface area contributed by atoms with Gasteiger partial charge in [0.2, 0.25) is 0 Å². The number of allylic oxidation sites excluding steroid dienone is 6. The minimum absolute atomic E-state index is 0.00228. The zero-order valence-electron chi connectivity index (χ0n) is 23.3. The van der Waals surface area contributed by atoms with Gasteiger partial charge in [-0.05, 0) is 54.5 Å². The molecule has 5 aliphatic heterocycles. The Morgan fingerprint density at radius 3 is 2.39 bits per heavy atom. The summed E-state index contributed by atoms with van der Waals surface area (Å²) in [6, 6.07) is 6.20. The van der Waals surface area contributed by atoms with Gasteiger partial charge in [0.25, 0.3) is 11.8 Å². The molecule has 41 heavy (non-hydrogen) atoms. The van der Waals surface area contributed by atoms with Crippen molar-refractivity contribution in [3.63, 3.8) is 0 Å². The van der Waals surface area contributed by atoms with Crippen molar-refractivity contribution < 1.29 is 24.6 Å². The minimum atomic E-state index is -1.20. The van der Waals surface area contributed by atoms with E-state index in [0.717, 1.165) is 37.2 Å². The predicted molar refractivity (Wildman–Crippen MR) is 152 cm³/mol. The number of carbonyl (C=O) groups is 3. The fraction of sp³-hybridized carbons (Fsp3) is 0.387. The van der Waals surface area contributed by atoms with Gasteiger partial charge in [0.15, 0.2) is 11.4 Å². The highest BCUT2D eigenvalue weighted by molar-refractivity contribution is 6.00. The summed E-state index contributed by atoms with van der Waals surface area (Å²) in [6.45, 7) is 4.69. The van der Waals surface area contributed by atoms with Crippen LogP contribution in [-0.2, 0) is 10.2 Å². The number of hydrogen-bond donors (Lipinski definition) is 4. The first-order valence-corrected chi connectivity index (χ1v) is 14.0. The summed E-state index contributed by atoms with van der Waals surface area (Å²) in [5, 5.41) is 24.9. The molecule has 6 bridgehead atoms. The Bertz CT molecular complexity index is 1550. The van der Waals surface area contributed by atoms with Gasteiger partial charge in [-0.2, -0.15) is 0 Å². The van der Waals surface area contributed by atoms with Crippen LogP contribution in [0.2, 0.25) is 0 Å². The lowest BCUT2D eigenvalue weighted by Gasteiger charge is -2.51. The van der Waals surface area contributed by atoms with Crippen molar-refractivity contribution in [3.05, 3.63) is 82.0 Å². The highest BCUT2D eigenvalue weighted by atomic mass is 16.4. The summed E-state index contributed by atoms with van der Waals surface area (Å²) in [6.07, 6.45) is 10.4. The summed E-state index contributed by atoms with van der Waals surface area (Å²) in [4.78, 5) is 48.8. The van der Waals surface area contributed by atoms with Crippen molar-refractivity contribution in [2.24, 2.45) is 11.8 Å². The van der Waals surface area contributed by atoms with Crippen molar-refractivity contribution >= 4 is 23.5 Å². The first-order valence-electron chi connectivity index (χ1n) is 14.0. The quantitative estimate of drug-likeness (QED) is 0.408. The molecule has 9 rings (SSSR count). The van der Waals surface area contributed by atoms with E-state index in [2.05, 4.69) is 63.9 Å². The first-order chi connectivity index (χ1) is 19.7. The molecule has 2 amide bonds. The van der Waals surface area contributed by atoms with Gasteiger partial charge in [0.05, 0.1) is 11.3 Å². The molecule has 10 nitrogen and oxygen atoms in total. The molecule has 1 aromatic carbocycles. The highest BCUT2D eigenvalue weighted by Crippen LogP contribution is 2.61. The van der Waals surface area contributed by atoms with Gasteiger partial charge in [-0.1, -0.05) is 37.3 Å². The highest BCUT2D eigenvalue weighted by Gasteiger charge is 2.56. The number of carboxylic acid groups (broad SMARTS) is 1. The van der Waals surface area contributed by atoms with Crippen LogP contribution < -0.4 is 15.5 Å². The molecule has 0 saturated carbocycles. The molecule has 7 aliphatic rings. The van der Waals surface area contributed by atoms with Crippen molar-refractivity contribution in [1.82, 2.24) is 20.6 Å². The maximum Gasteiger partial charge on any atom is 0.322 e. The molecular weight excluding hydrogens is 522 g/mol. The topological polar surface area (TPSA) is 145 Å². The van der Waals surface area contributed by atoms with E-state index in [1.54, 1.807) is 14.0 Å². The molecule has 2 atom stereocenters. The molecule has 212 valence electrons. The van der Waals surface area contributed by atoms with Gasteiger partial charge in [0.1, 0.15) is 12.4 Å². The molecule has 2 unspecified atom stereocenters. The summed E-state index contributed by atoms with van der Waals surface area (Å²) in [5.41, 5.74) is 4.36. The summed E-state index contributed by atoms with van der Waals surface area (Å²) >= 11 is 0. The number of carbonyl (C=O) groups excluding carboxylic acids is 2. The number of rotatable bonds is 7. The lowest BCUT2D eigenvalue weighted by atomic mass is 9.52. The zero-order chi connectivity index (χ0) is 29.1. The van der Waals surface area contributed by atoms with Gasteiger partial charge in [-0.3, -0.25) is 14.4 Å². The third-order valence-electron chi connectivity index (χ3n) is 9.35. The van der Waals surface area contributed by atoms with Crippen LogP contribution in [0.3, 0.4) is 0 Å². The SMILES string of the molecule is CNC(=O)c1cc2ccc1N1CCC(CC1)C2(C1C2=CC=C1C=C2)C(C)c1nc(C)c(O)c(C(=O)NCC(=O)O)n1. The molecule has 1 aromatic heterocycles. The Hall–Kier alpha value is -4.47. The van der Waals surface area contributed by atoms with Crippen LogP contribution in [-0.4, -0.2) is 64.6 Å². The van der Waals surface area contributed by atoms with Crippen LogP contribution in [0.4, 0.5) is 5.69 Å². The van der Waals surface area contributed by atoms with Gasteiger partial charge in [-0.25, -0.2) is 9.97 Å². The van der Waals surface area contributed by atoms with Gasteiger partial charge in [0, 0.05) is 43.1 Å². The Morgan fingerprint density at radius 2 is 1.78 bits per heavy atom. The number of fused-ring (bicyclic) bond motifs is 2. The van der Waals surface area contributed by atoms with Crippen molar-refractivity contribution in [1.29, 1.82) is 0 Å². The second-order valence-electron chi connectivity index (χ2n) is 11.3. The van der Waals surface area contributed by atoms with Crippen LogP contribution in [0.25, 0.3) is 0 Å². The smallest absolute Gasteiger partial charge is 0.322 e. The standard InChI is InChI=1S/C31H33N5O5/c1-16(28-34-17(2)27(39)26(35-28)30(41)33-15-24(37)38)31(25-18-4-5-19(25)7-6-18)20-10-12-36(13-11-20)23-9-8-21(31)14-22(23)29(40)32-3/h4-9,14,16,20,25,39H,10-13,15H2,1-3H3,(H,32,40)(H,33,41)(H,37,38). The fourth-order valence-corrected chi connectivity index (χ4v) is 7.51. The summed E-state index contributed by atoms with van der Waals surface area (Å²) in [7, 11) is 1.64. The zero-order valence-corrected chi connectivity index (χ0v) is 23.3. The van der Waals surface area contributed by atoms with Gasteiger partial charge < -0.3 is 25.7 Å². The Balaban J connectivity index is 1.58. The maximum atomic E-state index is 13.2.